The van der Waals surface area contributed by atoms with Crippen LogP contribution in [0.25, 0.3) is 0 Å². The van der Waals surface area contributed by atoms with Gasteiger partial charge in [0.05, 0.1) is 18.8 Å². The van der Waals surface area contributed by atoms with Crippen LogP contribution in [0.15, 0.2) is 61.2 Å². The third-order valence-electron chi connectivity index (χ3n) is 11.1. The number of hydrogen-bond acceptors (Lipinski definition) is 5. The lowest BCUT2D eigenvalue weighted by Crippen LogP contribution is -2.60. The van der Waals surface area contributed by atoms with E-state index in [1.54, 1.807) is 0 Å². The summed E-state index contributed by atoms with van der Waals surface area (Å²) in [5.41, 5.74) is 3.59. The minimum atomic E-state index is -0.557. The summed E-state index contributed by atoms with van der Waals surface area (Å²) in [4.78, 5) is 15.9. The number of benzene rings is 2. The molecule has 2 amide bonds. The Morgan fingerprint density at radius 2 is 1.66 bits per heavy atom. The first-order valence-electron chi connectivity index (χ1n) is 17.0. The number of rotatable bonds is 10. The van der Waals surface area contributed by atoms with Crippen molar-refractivity contribution >= 4 is 11.7 Å². The van der Waals surface area contributed by atoms with Gasteiger partial charge in [-0.1, -0.05) is 55.3 Å². The number of urea groups is 1. The van der Waals surface area contributed by atoms with Crippen LogP contribution in [0, 0.1) is 17.8 Å². The zero-order valence-electron chi connectivity index (χ0n) is 26.0. The van der Waals surface area contributed by atoms with Crippen LogP contribution in [-0.2, 0) is 16.1 Å². The van der Waals surface area contributed by atoms with Crippen molar-refractivity contribution in [2.24, 2.45) is 17.8 Å². The fourth-order valence-corrected chi connectivity index (χ4v) is 9.53. The number of amides is 2. The number of nitrogens with zero attached hydrogens (tertiary/aromatic N) is 1. The van der Waals surface area contributed by atoms with Gasteiger partial charge in [0, 0.05) is 42.3 Å². The summed E-state index contributed by atoms with van der Waals surface area (Å²) in [6.45, 7) is 5.73. The standard InChI is InChI=1S/C37H49N3O4/c1-2-14-40(32-8-3-4-9-32)23-33-19-34(29-12-10-25(24-41)11-13-29)44-35(43-33)30-6-5-7-31(18-30)38-36(42)39-37-20-26-15-27(21-37)17-28(16-26)22-37/h2,5-7,10-13,18,26-28,32-35,41H,1,3-4,8-9,14-17,19-24H2,(H2,38,39,42)/t26?,27?,28?,33-,34+,35+,37?/m1/s1. The molecule has 6 aliphatic rings. The molecule has 1 aliphatic heterocycles. The maximum atomic E-state index is 13.3. The number of nitrogens with one attached hydrogen (secondary N) is 2. The van der Waals surface area contributed by atoms with Gasteiger partial charge in [-0.05, 0) is 92.4 Å². The molecule has 4 bridgehead atoms. The minimum absolute atomic E-state index is 0.0205. The highest BCUT2D eigenvalue weighted by molar-refractivity contribution is 5.89. The van der Waals surface area contributed by atoms with Crippen LogP contribution in [-0.4, -0.2) is 46.8 Å². The molecule has 7 heteroatoms. The highest BCUT2D eigenvalue weighted by Crippen LogP contribution is 2.55. The number of anilines is 1. The second kappa shape index (κ2) is 13.0. The van der Waals surface area contributed by atoms with Crippen molar-refractivity contribution in [3.05, 3.63) is 77.9 Å². The first-order valence-corrected chi connectivity index (χ1v) is 17.0. The number of aliphatic hydroxyl groups is 1. The van der Waals surface area contributed by atoms with Crippen molar-refractivity contribution in [2.45, 2.75) is 107 Å². The molecular weight excluding hydrogens is 550 g/mol. The number of carbonyl (C=O) groups is 1. The van der Waals surface area contributed by atoms with E-state index < -0.39 is 6.29 Å². The minimum Gasteiger partial charge on any atom is -0.392 e. The second-order valence-corrected chi connectivity index (χ2v) is 14.4. The zero-order chi connectivity index (χ0) is 30.1. The van der Waals surface area contributed by atoms with E-state index in [0.29, 0.717) is 6.04 Å². The van der Waals surface area contributed by atoms with Crippen molar-refractivity contribution in [3.8, 4) is 0 Å². The molecule has 44 heavy (non-hydrogen) atoms. The van der Waals surface area contributed by atoms with Gasteiger partial charge >= 0.3 is 6.03 Å². The molecule has 8 rings (SSSR count). The summed E-state index contributed by atoms with van der Waals surface area (Å²) in [6.07, 6.45) is 14.5. The monoisotopic (exact) mass is 599 g/mol. The van der Waals surface area contributed by atoms with Gasteiger partial charge in [0.1, 0.15) is 0 Å². The fourth-order valence-electron chi connectivity index (χ4n) is 9.53. The van der Waals surface area contributed by atoms with Gasteiger partial charge < -0.3 is 25.2 Å². The predicted octanol–water partition coefficient (Wildman–Crippen LogP) is 7.25. The van der Waals surface area contributed by atoms with Gasteiger partial charge in [0.25, 0.3) is 0 Å². The topological polar surface area (TPSA) is 83.1 Å². The largest absolute Gasteiger partial charge is 0.392 e. The number of carbonyl (C=O) groups excluding carboxylic acids is 1. The lowest BCUT2D eigenvalue weighted by Gasteiger charge is -2.56. The van der Waals surface area contributed by atoms with Gasteiger partial charge in [-0.2, -0.15) is 0 Å². The van der Waals surface area contributed by atoms with E-state index in [0.717, 1.165) is 78.9 Å². The van der Waals surface area contributed by atoms with Crippen LogP contribution in [0.3, 0.4) is 0 Å². The molecule has 6 fully saturated rings. The van der Waals surface area contributed by atoms with E-state index in [9.17, 15) is 9.90 Å². The third kappa shape index (κ3) is 6.62. The Hall–Kier alpha value is -2.71. The molecule has 3 N–H and O–H groups in total. The Kier molecular flexibility index (Phi) is 8.82. The van der Waals surface area contributed by atoms with E-state index in [4.69, 9.17) is 9.47 Å². The average Bonchev–Trinajstić information content (AvgIpc) is 3.55. The fraction of sp³-hybridized carbons (Fsp3) is 0.595. The van der Waals surface area contributed by atoms with Crippen LogP contribution in [0.2, 0.25) is 0 Å². The third-order valence-corrected chi connectivity index (χ3v) is 11.1. The maximum Gasteiger partial charge on any atom is 0.319 e. The predicted molar refractivity (Wildman–Crippen MR) is 172 cm³/mol. The number of aliphatic hydroxyl groups excluding tert-OH is 1. The van der Waals surface area contributed by atoms with E-state index in [1.807, 2.05) is 42.5 Å². The Bertz CT molecular complexity index is 1270. The molecule has 3 atom stereocenters. The average molecular weight is 600 g/mol. The van der Waals surface area contributed by atoms with E-state index in [1.165, 1.54) is 44.9 Å². The van der Waals surface area contributed by atoms with E-state index >= 15 is 0 Å². The molecule has 0 aromatic heterocycles. The summed E-state index contributed by atoms with van der Waals surface area (Å²) < 4.78 is 13.3. The Labute approximate surface area is 262 Å². The van der Waals surface area contributed by atoms with Crippen LogP contribution in [0.5, 0.6) is 0 Å². The van der Waals surface area contributed by atoms with Crippen LogP contribution >= 0.6 is 0 Å². The second-order valence-electron chi connectivity index (χ2n) is 14.4. The molecule has 0 radical (unpaired) electrons. The van der Waals surface area contributed by atoms with Gasteiger partial charge in [0.15, 0.2) is 6.29 Å². The van der Waals surface area contributed by atoms with Gasteiger partial charge in [-0.25, -0.2) is 4.79 Å². The van der Waals surface area contributed by atoms with E-state index in [-0.39, 0.29) is 30.4 Å². The zero-order valence-corrected chi connectivity index (χ0v) is 26.0. The Morgan fingerprint density at radius 3 is 2.32 bits per heavy atom. The summed E-state index contributed by atoms with van der Waals surface area (Å²) in [5, 5.41) is 16.1. The van der Waals surface area contributed by atoms with Crippen LogP contribution in [0.4, 0.5) is 10.5 Å². The normalized spacial score (nSPS) is 33.0. The molecular formula is C37H49N3O4. The molecule has 5 saturated carbocycles. The molecule has 1 saturated heterocycles. The van der Waals surface area contributed by atoms with Gasteiger partial charge in [-0.3, -0.25) is 4.90 Å². The van der Waals surface area contributed by atoms with Crippen LogP contribution in [0.1, 0.15) is 99.7 Å². The molecule has 5 aliphatic carbocycles. The highest BCUT2D eigenvalue weighted by atomic mass is 16.7. The van der Waals surface area contributed by atoms with Crippen molar-refractivity contribution in [1.82, 2.24) is 10.2 Å². The van der Waals surface area contributed by atoms with Crippen molar-refractivity contribution < 1.29 is 19.4 Å². The Morgan fingerprint density at radius 1 is 0.955 bits per heavy atom. The smallest absolute Gasteiger partial charge is 0.319 e. The molecule has 7 nitrogen and oxygen atoms in total. The van der Waals surface area contributed by atoms with Crippen LogP contribution < -0.4 is 10.6 Å². The molecule has 2 aromatic carbocycles. The molecule has 2 aromatic rings. The lowest BCUT2D eigenvalue weighted by molar-refractivity contribution is -0.253. The quantitative estimate of drug-likeness (QED) is 0.251. The van der Waals surface area contributed by atoms with Gasteiger partial charge in [0.2, 0.25) is 0 Å². The summed E-state index contributed by atoms with van der Waals surface area (Å²) in [6, 6.07) is 16.4. The maximum absolute atomic E-state index is 13.3. The first-order chi connectivity index (χ1) is 21.5. The molecule has 236 valence electrons. The van der Waals surface area contributed by atoms with Gasteiger partial charge in [-0.15, -0.1) is 6.58 Å². The summed E-state index contributed by atoms with van der Waals surface area (Å²) in [5.74, 6) is 2.34. The van der Waals surface area contributed by atoms with Crippen molar-refractivity contribution in [1.29, 1.82) is 0 Å². The molecule has 1 heterocycles. The molecule has 0 unspecified atom stereocenters. The molecule has 0 spiro atoms. The number of hydrogen-bond donors (Lipinski definition) is 3. The van der Waals surface area contributed by atoms with Crippen molar-refractivity contribution in [3.63, 3.8) is 0 Å². The number of ether oxygens (including phenoxy) is 2. The SMILES string of the molecule is C=CCN(C[C@H]1C[C@@H](c2ccc(CO)cc2)O[C@@H](c2cccc(NC(=O)NC34CC5CC(CC(C5)C3)C4)c2)O1)C1CCCC1. The highest BCUT2D eigenvalue weighted by Gasteiger charge is 2.51. The Balaban J connectivity index is 1.07. The lowest BCUT2D eigenvalue weighted by atomic mass is 9.53. The summed E-state index contributed by atoms with van der Waals surface area (Å²) in [7, 11) is 0. The summed E-state index contributed by atoms with van der Waals surface area (Å²) >= 11 is 0. The first kappa shape index (κ1) is 30.0. The van der Waals surface area contributed by atoms with Crippen molar-refractivity contribution in [2.75, 3.05) is 18.4 Å². The van der Waals surface area contributed by atoms with E-state index in [2.05, 4.69) is 34.2 Å².